The molecule has 0 saturated carbocycles. The summed E-state index contributed by atoms with van der Waals surface area (Å²) in [5.41, 5.74) is 4.33. The van der Waals surface area contributed by atoms with Gasteiger partial charge in [0.1, 0.15) is 5.60 Å². The highest BCUT2D eigenvalue weighted by atomic mass is 16.6. The second kappa shape index (κ2) is 9.98. The maximum atomic E-state index is 12.4. The summed E-state index contributed by atoms with van der Waals surface area (Å²) in [6, 6.07) is 15.1. The van der Waals surface area contributed by atoms with Crippen molar-refractivity contribution in [3.05, 3.63) is 81.4 Å². The normalized spacial score (nSPS) is 13.6. The second-order valence-corrected chi connectivity index (χ2v) is 9.59. The standard InChI is InChI=1S/C26H31N3O4/c1-17(2)15-29-16-20-12-11-19(24(30)28-32)13-21(20)23(18-9-7-6-8-10-18)22(29)14-27-25(31)33-26(3,4)5/h6-13,17H,14-16H2,1-5H3,(H,27,31). The lowest BCUT2D eigenvalue weighted by Gasteiger charge is -2.37. The third kappa shape index (κ3) is 6.06. The topological polar surface area (TPSA) is 88.1 Å². The molecule has 0 fully saturated rings. The fourth-order valence-corrected chi connectivity index (χ4v) is 3.96. The number of carbonyl (C=O) groups is 2. The Hall–Kier alpha value is -3.48. The van der Waals surface area contributed by atoms with Crippen LogP contribution in [0.25, 0.3) is 5.57 Å². The summed E-state index contributed by atoms with van der Waals surface area (Å²) >= 11 is 0. The number of amides is 2. The largest absolute Gasteiger partial charge is 0.444 e. The average molecular weight is 450 g/mol. The van der Waals surface area contributed by atoms with Gasteiger partial charge in [0, 0.05) is 35.1 Å². The molecule has 0 saturated heterocycles. The number of nitroso groups, excluding NO2 is 1. The van der Waals surface area contributed by atoms with E-state index in [-0.39, 0.29) is 12.1 Å². The molecule has 0 spiro atoms. The quantitative estimate of drug-likeness (QED) is 0.601. The summed E-state index contributed by atoms with van der Waals surface area (Å²) < 4.78 is 5.44. The van der Waals surface area contributed by atoms with Crippen molar-refractivity contribution in [1.29, 1.82) is 0 Å². The Morgan fingerprint density at radius 2 is 1.82 bits per heavy atom. The van der Waals surface area contributed by atoms with Gasteiger partial charge in [-0.05, 0) is 55.5 Å². The highest BCUT2D eigenvalue weighted by Crippen LogP contribution is 2.37. The van der Waals surface area contributed by atoms with Crippen LogP contribution in [0, 0.1) is 10.8 Å². The van der Waals surface area contributed by atoms with E-state index in [1.165, 1.54) is 0 Å². The van der Waals surface area contributed by atoms with E-state index in [4.69, 9.17) is 4.74 Å². The van der Waals surface area contributed by atoms with Crippen molar-refractivity contribution in [2.45, 2.75) is 46.8 Å². The van der Waals surface area contributed by atoms with E-state index in [9.17, 15) is 14.5 Å². The van der Waals surface area contributed by atoms with Crippen LogP contribution in [-0.4, -0.2) is 35.6 Å². The van der Waals surface area contributed by atoms with Crippen molar-refractivity contribution < 1.29 is 14.3 Å². The minimum absolute atomic E-state index is 0.244. The number of nitrogens with zero attached hydrogens (tertiary/aromatic N) is 2. The minimum atomic E-state index is -0.803. The van der Waals surface area contributed by atoms with Crippen molar-refractivity contribution in [2.24, 2.45) is 11.1 Å². The molecule has 2 aromatic rings. The van der Waals surface area contributed by atoms with Gasteiger partial charge in [-0.1, -0.05) is 50.2 Å². The molecule has 3 rings (SSSR count). The highest BCUT2D eigenvalue weighted by Gasteiger charge is 2.28. The fourth-order valence-electron chi connectivity index (χ4n) is 3.96. The molecular formula is C26H31N3O4. The maximum absolute atomic E-state index is 12.4. The first-order chi connectivity index (χ1) is 15.6. The molecule has 1 aliphatic rings. The van der Waals surface area contributed by atoms with Crippen molar-refractivity contribution in [3.8, 4) is 0 Å². The highest BCUT2D eigenvalue weighted by molar-refractivity contribution is 5.97. The van der Waals surface area contributed by atoms with E-state index in [1.807, 2.05) is 57.2 Å². The molecule has 1 heterocycles. The first-order valence-electron chi connectivity index (χ1n) is 11.1. The Labute approximate surface area is 194 Å². The van der Waals surface area contributed by atoms with Gasteiger partial charge in [0.25, 0.3) is 0 Å². The maximum Gasteiger partial charge on any atom is 0.407 e. The summed E-state index contributed by atoms with van der Waals surface area (Å²) in [5.74, 6) is -0.413. The smallest absolute Gasteiger partial charge is 0.407 e. The molecule has 2 amide bonds. The Kier molecular flexibility index (Phi) is 7.31. The van der Waals surface area contributed by atoms with Crippen LogP contribution in [0.1, 0.15) is 61.7 Å². The van der Waals surface area contributed by atoms with Crippen LogP contribution in [0.2, 0.25) is 0 Å². The number of fused-ring (bicyclic) bond motifs is 1. The van der Waals surface area contributed by atoms with Gasteiger partial charge in [-0.15, -0.1) is 4.91 Å². The van der Waals surface area contributed by atoms with Crippen molar-refractivity contribution in [1.82, 2.24) is 10.2 Å². The van der Waals surface area contributed by atoms with Gasteiger partial charge in [0.2, 0.25) is 0 Å². The molecule has 2 aromatic carbocycles. The first kappa shape index (κ1) is 24.2. The summed E-state index contributed by atoms with van der Waals surface area (Å²) in [4.78, 5) is 37.6. The number of carbonyl (C=O) groups excluding carboxylic acids is 2. The molecule has 0 aromatic heterocycles. The lowest BCUT2D eigenvalue weighted by molar-refractivity contribution is 0.0528. The lowest BCUT2D eigenvalue weighted by Crippen LogP contribution is -2.39. The van der Waals surface area contributed by atoms with Gasteiger partial charge in [-0.25, -0.2) is 4.79 Å². The predicted octanol–water partition coefficient (Wildman–Crippen LogP) is 5.35. The molecule has 174 valence electrons. The van der Waals surface area contributed by atoms with Crippen LogP contribution < -0.4 is 5.32 Å². The Morgan fingerprint density at radius 3 is 2.42 bits per heavy atom. The van der Waals surface area contributed by atoms with Crippen molar-refractivity contribution in [3.63, 3.8) is 0 Å². The Balaban J connectivity index is 2.14. The molecule has 7 heteroatoms. The summed E-state index contributed by atoms with van der Waals surface area (Å²) in [7, 11) is 0. The summed E-state index contributed by atoms with van der Waals surface area (Å²) in [6.45, 7) is 11.4. The van der Waals surface area contributed by atoms with E-state index in [0.717, 1.165) is 34.5 Å². The summed E-state index contributed by atoms with van der Waals surface area (Å²) in [5, 5.41) is 5.48. The lowest BCUT2D eigenvalue weighted by atomic mass is 9.87. The van der Waals surface area contributed by atoms with Gasteiger partial charge in [-0.3, -0.25) is 4.79 Å². The zero-order chi connectivity index (χ0) is 24.2. The second-order valence-electron chi connectivity index (χ2n) is 9.59. The van der Waals surface area contributed by atoms with Crippen LogP contribution in [0.15, 0.2) is 59.4 Å². The third-order valence-corrected chi connectivity index (χ3v) is 5.19. The van der Waals surface area contributed by atoms with Gasteiger partial charge >= 0.3 is 12.0 Å². The SMILES string of the molecule is CC(C)CN1Cc2ccc(C(=O)N=O)cc2C(c2ccccc2)=C1CNC(=O)OC(C)(C)C. The molecule has 0 bridgehead atoms. The molecule has 1 aliphatic heterocycles. The Morgan fingerprint density at radius 1 is 1.12 bits per heavy atom. The Bertz CT molecular complexity index is 1070. The number of rotatable bonds is 6. The van der Waals surface area contributed by atoms with Crippen LogP contribution in [0.4, 0.5) is 4.79 Å². The molecule has 0 unspecified atom stereocenters. The van der Waals surface area contributed by atoms with Gasteiger partial charge in [0.15, 0.2) is 0 Å². The van der Waals surface area contributed by atoms with E-state index in [1.54, 1.807) is 12.1 Å². The third-order valence-electron chi connectivity index (χ3n) is 5.19. The predicted molar refractivity (Wildman–Crippen MR) is 129 cm³/mol. The number of ether oxygens (including phenoxy) is 1. The summed E-state index contributed by atoms with van der Waals surface area (Å²) in [6.07, 6.45) is -0.494. The molecular weight excluding hydrogens is 418 g/mol. The number of alkyl carbamates (subject to hydrolysis) is 1. The van der Waals surface area contributed by atoms with Crippen molar-refractivity contribution >= 4 is 17.6 Å². The molecule has 7 nitrogen and oxygen atoms in total. The first-order valence-corrected chi connectivity index (χ1v) is 11.1. The van der Waals surface area contributed by atoms with Crippen LogP contribution in [0.5, 0.6) is 0 Å². The van der Waals surface area contributed by atoms with Gasteiger partial charge in [-0.2, -0.15) is 0 Å². The number of benzene rings is 2. The molecule has 0 atom stereocenters. The number of hydrogen-bond donors (Lipinski definition) is 1. The van der Waals surface area contributed by atoms with Crippen LogP contribution in [0.3, 0.4) is 0 Å². The van der Waals surface area contributed by atoms with Gasteiger partial charge < -0.3 is 15.0 Å². The minimum Gasteiger partial charge on any atom is -0.444 e. The zero-order valence-corrected chi connectivity index (χ0v) is 19.8. The number of nitrogens with one attached hydrogen (secondary N) is 1. The van der Waals surface area contributed by atoms with E-state index >= 15 is 0 Å². The monoisotopic (exact) mass is 449 g/mol. The average Bonchev–Trinajstić information content (AvgIpc) is 2.75. The van der Waals surface area contributed by atoms with Gasteiger partial charge in [0.05, 0.1) is 6.54 Å². The van der Waals surface area contributed by atoms with E-state index in [2.05, 4.69) is 29.2 Å². The number of hydrogen-bond acceptors (Lipinski definition) is 5. The van der Waals surface area contributed by atoms with E-state index < -0.39 is 17.6 Å². The van der Waals surface area contributed by atoms with E-state index in [0.29, 0.717) is 12.5 Å². The zero-order valence-electron chi connectivity index (χ0n) is 19.8. The molecule has 33 heavy (non-hydrogen) atoms. The molecule has 0 radical (unpaired) electrons. The van der Waals surface area contributed by atoms with Crippen LogP contribution in [-0.2, 0) is 11.3 Å². The molecule has 0 aliphatic carbocycles. The van der Waals surface area contributed by atoms with Crippen molar-refractivity contribution in [2.75, 3.05) is 13.1 Å². The fraction of sp³-hybridized carbons (Fsp3) is 0.385. The van der Waals surface area contributed by atoms with Crippen LogP contribution >= 0.6 is 0 Å². The molecule has 1 N–H and O–H groups in total.